The Labute approximate surface area is 162 Å². The first-order valence-electron chi connectivity index (χ1n) is 10.1. The lowest BCUT2D eigenvalue weighted by atomic mass is 9.89. The molecule has 0 atom stereocenters. The number of hydrogen-bond acceptors (Lipinski definition) is 3. The van der Waals surface area contributed by atoms with Gasteiger partial charge in [-0.25, -0.2) is 0 Å². The van der Waals surface area contributed by atoms with E-state index in [1.165, 1.54) is 56.9 Å². The van der Waals surface area contributed by atoms with Crippen LogP contribution in [0.3, 0.4) is 0 Å². The fourth-order valence-corrected chi connectivity index (χ4v) is 3.90. The third-order valence-corrected chi connectivity index (χ3v) is 5.54. The molecule has 0 bridgehead atoms. The van der Waals surface area contributed by atoms with E-state index in [0.717, 1.165) is 11.8 Å². The van der Waals surface area contributed by atoms with E-state index in [2.05, 4.69) is 24.3 Å². The fourth-order valence-electron chi connectivity index (χ4n) is 3.90. The summed E-state index contributed by atoms with van der Waals surface area (Å²) in [6.45, 7) is 0.508. The van der Waals surface area contributed by atoms with Crippen LogP contribution in [0.1, 0.15) is 78.8 Å². The first-order chi connectivity index (χ1) is 13.3. The monoisotopic (exact) mass is 366 g/mol. The van der Waals surface area contributed by atoms with Gasteiger partial charge >= 0.3 is 0 Å². The number of ether oxygens (including phenoxy) is 2. The second-order valence-electron chi connectivity index (χ2n) is 7.45. The van der Waals surface area contributed by atoms with Gasteiger partial charge in [0.05, 0.1) is 12.7 Å². The van der Waals surface area contributed by atoms with E-state index in [0.29, 0.717) is 29.6 Å². The molecule has 3 heteroatoms. The van der Waals surface area contributed by atoms with Crippen LogP contribution in [0.25, 0.3) is 0 Å². The highest BCUT2D eigenvalue weighted by Gasteiger charge is 2.13. The van der Waals surface area contributed by atoms with Gasteiger partial charge in [0, 0.05) is 6.07 Å². The Morgan fingerprint density at radius 2 is 1.59 bits per heavy atom. The number of hydrogen-bond donors (Lipinski definition) is 0. The maximum absolute atomic E-state index is 11.0. The molecule has 144 valence electrons. The van der Waals surface area contributed by atoms with Gasteiger partial charge in [-0.1, -0.05) is 62.8 Å². The normalized spacial score (nSPS) is 16.0. The number of carbonyl (C=O) groups is 1. The molecule has 2 aromatic rings. The molecule has 1 aliphatic rings. The smallest absolute Gasteiger partial charge is 0.153 e. The number of aldehydes is 1. The molecule has 0 heterocycles. The Morgan fingerprint density at radius 1 is 0.926 bits per heavy atom. The number of benzene rings is 2. The van der Waals surface area contributed by atoms with Gasteiger partial charge in [0.25, 0.3) is 0 Å². The molecule has 1 fully saturated rings. The molecule has 27 heavy (non-hydrogen) atoms. The molecule has 0 aromatic heterocycles. The van der Waals surface area contributed by atoms with Gasteiger partial charge in [-0.05, 0) is 42.0 Å². The average molecular weight is 367 g/mol. The van der Waals surface area contributed by atoms with Crippen molar-refractivity contribution in [2.75, 3.05) is 7.11 Å². The van der Waals surface area contributed by atoms with Gasteiger partial charge in [0.1, 0.15) is 18.1 Å². The number of methoxy groups -OCH3 is 1. The summed E-state index contributed by atoms with van der Waals surface area (Å²) in [6, 6.07) is 14.2. The van der Waals surface area contributed by atoms with Crippen molar-refractivity contribution in [3.05, 3.63) is 59.2 Å². The van der Waals surface area contributed by atoms with Crippen molar-refractivity contribution in [1.29, 1.82) is 0 Å². The van der Waals surface area contributed by atoms with Crippen LogP contribution in [0.4, 0.5) is 0 Å². The van der Waals surface area contributed by atoms with Crippen LogP contribution in [0, 0.1) is 0 Å². The zero-order valence-corrected chi connectivity index (χ0v) is 16.3. The highest BCUT2D eigenvalue weighted by Crippen LogP contribution is 2.31. The Hall–Kier alpha value is -2.29. The Morgan fingerprint density at radius 3 is 2.22 bits per heavy atom. The summed E-state index contributed by atoms with van der Waals surface area (Å²) in [4.78, 5) is 11.0. The van der Waals surface area contributed by atoms with E-state index in [1.807, 2.05) is 0 Å². The molecule has 3 nitrogen and oxygen atoms in total. The van der Waals surface area contributed by atoms with Gasteiger partial charge in [0.2, 0.25) is 0 Å². The molecule has 0 amide bonds. The lowest BCUT2D eigenvalue weighted by molar-refractivity contribution is 0.112. The summed E-state index contributed by atoms with van der Waals surface area (Å²) in [5.74, 6) is 1.95. The van der Waals surface area contributed by atoms with Crippen molar-refractivity contribution in [3.8, 4) is 11.5 Å². The molecule has 0 radical (unpaired) electrons. The van der Waals surface area contributed by atoms with Crippen LogP contribution in [0.15, 0.2) is 42.5 Å². The molecule has 0 spiro atoms. The topological polar surface area (TPSA) is 35.5 Å². The van der Waals surface area contributed by atoms with E-state index in [1.54, 1.807) is 25.3 Å². The first-order valence-corrected chi connectivity index (χ1v) is 10.1. The highest BCUT2D eigenvalue weighted by atomic mass is 16.5. The molecule has 1 saturated carbocycles. The predicted octanol–water partition coefficient (Wildman–Crippen LogP) is 6.30. The van der Waals surface area contributed by atoms with Crippen LogP contribution in [-0.4, -0.2) is 13.4 Å². The van der Waals surface area contributed by atoms with Gasteiger partial charge in [-0.3, -0.25) is 4.79 Å². The third-order valence-electron chi connectivity index (χ3n) is 5.54. The summed E-state index contributed by atoms with van der Waals surface area (Å²) < 4.78 is 11.1. The summed E-state index contributed by atoms with van der Waals surface area (Å²) >= 11 is 0. The summed E-state index contributed by atoms with van der Waals surface area (Å²) in [6.07, 6.45) is 11.7. The second-order valence-corrected chi connectivity index (χ2v) is 7.45. The fraction of sp³-hybridized carbons (Fsp3) is 0.458. The number of carbonyl (C=O) groups excluding carboxylic acids is 1. The van der Waals surface area contributed by atoms with Crippen LogP contribution in [-0.2, 0) is 6.61 Å². The van der Waals surface area contributed by atoms with E-state index in [4.69, 9.17) is 9.47 Å². The lowest BCUT2D eigenvalue weighted by Gasteiger charge is -2.17. The van der Waals surface area contributed by atoms with Crippen LogP contribution in [0.5, 0.6) is 11.5 Å². The van der Waals surface area contributed by atoms with Crippen LogP contribution in [0.2, 0.25) is 0 Å². The van der Waals surface area contributed by atoms with Gasteiger partial charge in [0.15, 0.2) is 6.29 Å². The van der Waals surface area contributed by atoms with Crippen molar-refractivity contribution in [2.24, 2.45) is 0 Å². The second kappa shape index (κ2) is 10.1. The Kier molecular flexibility index (Phi) is 7.32. The molecule has 0 N–H and O–H groups in total. The Bertz CT molecular complexity index is 711. The van der Waals surface area contributed by atoms with Crippen molar-refractivity contribution >= 4 is 6.29 Å². The van der Waals surface area contributed by atoms with Gasteiger partial charge in [-0.2, -0.15) is 0 Å². The molecule has 2 aromatic carbocycles. The maximum Gasteiger partial charge on any atom is 0.153 e. The van der Waals surface area contributed by atoms with Crippen molar-refractivity contribution in [2.45, 2.75) is 63.9 Å². The summed E-state index contributed by atoms with van der Waals surface area (Å²) in [7, 11) is 1.56. The highest BCUT2D eigenvalue weighted by molar-refractivity contribution is 5.79. The predicted molar refractivity (Wildman–Crippen MR) is 109 cm³/mol. The van der Waals surface area contributed by atoms with E-state index in [-0.39, 0.29) is 0 Å². The summed E-state index contributed by atoms with van der Waals surface area (Å²) in [5.41, 5.74) is 3.15. The largest absolute Gasteiger partial charge is 0.496 e. The summed E-state index contributed by atoms with van der Waals surface area (Å²) in [5, 5.41) is 0. The van der Waals surface area contributed by atoms with Crippen LogP contribution >= 0.6 is 0 Å². The molecule has 0 aliphatic heterocycles. The minimum atomic E-state index is 0.508. The quantitative estimate of drug-likeness (QED) is 0.562. The number of rotatable bonds is 6. The van der Waals surface area contributed by atoms with Gasteiger partial charge in [-0.15, -0.1) is 0 Å². The van der Waals surface area contributed by atoms with E-state index < -0.39 is 0 Å². The van der Waals surface area contributed by atoms with Crippen LogP contribution < -0.4 is 9.47 Å². The molecule has 0 saturated heterocycles. The molecular formula is C24H30O3. The van der Waals surface area contributed by atoms with Gasteiger partial charge < -0.3 is 9.47 Å². The zero-order valence-electron chi connectivity index (χ0n) is 16.3. The minimum Gasteiger partial charge on any atom is -0.496 e. The lowest BCUT2D eigenvalue weighted by Crippen LogP contribution is -2.01. The third kappa shape index (κ3) is 5.59. The molecular weight excluding hydrogens is 336 g/mol. The molecule has 3 rings (SSSR count). The standard InChI is InChI=1S/C24H30O3/c1-26-24-16-23(15-14-22(24)17-25)27-18-19-10-12-21(13-11-19)20-8-6-4-2-3-5-7-9-20/h10-17,20H,2-9,18H2,1H3. The first kappa shape index (κ1) is 19.5. The van der Waals surface area contributed by atoms with Crippen molar-refractivity contribution < 1.29 is 14.3 Å². The van der Waals surface area contributed by atoms with E-state index in [9.17, 15) is 4.79 Å². The van der Waals surface area contributed by atoms with Crippen molar-refractivity contribution in [1.82, 2.24) is 0 Å². The van der Waals surface area contributed by atoms with E-state index >= 15 is 0 Å². The zero-order chi connectivity index (χ0) is 18.9. The van der Waals surface area contributed by atoms with Crippen molar-refractivity contribution in [3.63, 3.8) is 0 Å². The molecule has 1 aliphatic carbocycles. The molecule has 0 unspecified atom stereocenters. The SMILES string of the molecule is COc1cc(OCc2ccc(C3CCCCCCCC3)cc2)ccc1C=O. The average Bonchev–Trinajstić information content (AvgIpc) is 2.86. The maximum atomic E-state index is 11.0. The Balaban J connectivity index is 1.59. The minimum absolute atomic E-state index is 0.508.